The lowest BCUT2D eigenvalue weighted by molar-refractivity contribution is 0.259. The molecule has 0 saturated heterocycles. The van der Waals surface area contributed by atoms with Crippen LogP contribution in [-0.4, -0.2) is 17.6 Å². The molecule has 0 heterocycles. The fourth-order valence-electron chi connectivity index (χ4n) is 1.43. The molecule has 1 N–H and O–H groups in total. The number of hydrogen-bond acceptors (Lipinski definition) is 2. The van der Waals surface area contributed by atoms with Crippen molar-refractivity contribution in [1.29, 1.82) is 0 Å². The molecular weight excluding hydrogens is 286 g/mol. The monoisotopic (exact) mass is 301 g/mol. The van der Waals surface area contributed by atoms with E-state index in [0.717, 1.165) is 0 Å². The van der Waals surface area contributed by atoms with Crippen LogP contribution in [0, 0.1) is 0 Å². The Kier molecular flexibility index (Phi) is 4.87. The summed E-state index contributed by atoms with van der Waals surface area (Å²) in [6.07, 6.45) is 2.06. The van der Waals surface area contributed by atoms with E-state index in [2.05, 4.69) is 65.6 Å². The zero-order valence-electron chi connectivity index (χ0n) is 9.71. The van der Waals surface area contributed by atoms with Crippen molar-refractivity contribution in [2.75, 3.05) is 12.8 Å². The van der Waals surface area contributed by atoms with Crippen molar-refractivity contribution in [1.82, 2.24) is 5.32 Å². The van der Waals surface area contributed by atoms with Crippen LogP contribution in [0.4, 0.5) is 4.79 Å². The molecule has 16 heavy (non-hydrogen) atoms. The SMILES string of the molecule is CSc1ccc(C(C)(C)CNC(=O)Br)cc1. The van der Waals surface area contributed by atoms with Crippen LogP contribution in [0.5, 0.6) is 0 Å². The highest BCUT2D eigenvalue weighted by Crippen LogP contribution is 2.25. The molecule has 88 valence electrons. The Hall–Kier alpha value is -0.480. The molecule has 0 aromatic heterocycles. The van der Waals surface area contributed by atoms with Gasteiger partial charge in [-0.1, -0.05) is 26.0 Å². The third-order valence-electron chi connectivity index (χ3n) is 2.54. The van der Waals surface area contributed by atoms with Crippen LogP contribution in [0.3, 0.4) is 0 Å². The first-order chi connectivity index (χ1) is 7.45. The summed E-state index contributed by atoms with van der Waals surface area (Å²) >= 11 is 4.60. The predicted octanol–water partition coefficient (Wildman–Crippen LogP) is 3.79. The van der Waals surface area contributed by atoms with Gasteiger partial charge in [0.25, 0.3) is 4.82 Å². The number of amides is 1. The standard InChI is InChI=1S/C12H16BrNOS/c1-12(2,8-14-11(13)15)9-4-6-10(16-3)7-5-9/h4-7H,8H2,1-3H3,(H,14,15). The van der Waals surface area contributed by atoms with Gasteiger partial charge in [-0.3, -0.25) is 4.79 Å². The molecule has 0 fully saturated rings. The van der Waals surface area contributed by atoms with Crippen molar-refractivity contribution in [3.05, 3.63) is 29.8 Å². The van der Waals surface area contributed by atoms with Crippen molar-refractivity contribution in [2.24, 2.45) is 0 Å². The number of carbonyl (C=O) groups is 1. The molecule has 0 spiro atoms. The third kappa shape index (κ3) is 3.83. The molecule has 2 nitrogen and oxygen atoms in total. The minimum absolute atomic E-state index is 0.0552. The number of halogens is 1. The minimum atomic E-state index is -0.165. The van der Waals surface area contributed by atoms with E-state index in [1.54, 1.807) is 11.8 Å². The van der Waals surface area contributed by atoms with Gasteiger partial charge in [0.1, 0.15) is 0 Å². The number of rotatable bonds is 4. The number of nitrogens with one attached hydrogen (secondary N) is 1. The quantitative estimate of drug-likeness (QED) is 0.521. The molecule has 0 aliphatic heterocycles. The van der Waals surface area contributed by atoms with Crippen molar-refractivity contribution >= 4 is 32.5 Å². The molecule has 0 aliphatic carbocycles. The van der Waals surface area contributed by atoms with Crippen LogP contribution >= 0.6 is 27.7 Å². The normalized spacial score (nSPS) is 11.2. The van der Waals surface area contributed by atoms with E-state index >= 15 is 0 Å². The molecule has 0 aliphatic rings. The largest absolute Gasteiger partial charge is 0.346 e. The second-order valence-corrected chi connectivity index (χ2v) is 5.84. The van der Waals surface area contributed by atoms with Gasteiger partial charge in [0, 0.05) is 32.8 Å². The van der Waals surface area contributed by atoms with E-state index < -0.39 is 0 Å². The second-order valence-electron chi connectivity index (χ2n) is 4.24. The number of carbonyl (C=O) groups excluding carboxylic acids is 1. The fourth-order valence-corrected chi connectivity index (χ4v) is 1.98. The first kappa shape index (κ1) is 13.6. The van der Waals surface area contributed by atoms with Crippen molar-refractivity contribution < 1.29 is 4.79 Å². The molecule has 1 aromatic carbocycles. The van der Waals surface area contributed by atoms with Gasteiger partial charge < -0.3 is 5.32 Å². The van der Waals surface area contributed by atoms with Gasteiger partial charge in [-0.05, 0) is 24.0 Å². The van der Waals surface area contributed by atoms with Crippen LogP contribution in [-0.2, 0) is 5.41 Å². The zero-order chi connectivity index (χ0) is 12.2. The molecule has 1 rings (SSSR count). The number of hydrogen-bond donors (Lipinski definition) is 1. The Morgan fingerprint density at radius 3 is 2.38 bits per heavy atom. The van der Waals surface area contributed by atoms with E-state index in [-0.39, 0.29) is 10.2 Å². The van der Waals surface area contributed by atoms with Gasteiger partial charge in [0.05, 0.1) is 0 Å². The van der Waals surface area contributed by atoms with Crippen LogP contribution in [0.25, 0.3) is 0 Å². The van der Waals surface area contributed by atoms with Gasteiger partial charge in [0.2, 0.25) is 0 Å². The smallest absolute Gasteiger partial charge is 0.287 e. The Morgan fingerprint density at radius 2 is 1.94 bits per heavy atom. The van der Waals surface area contributed by atoms with E-state index in [9.17, 15) is 4.79 Å². The Bertz CT molecular complexity index is 362. The lowest BCUT2D eigenvalue weighted by Gasteiger charge is -2.25. The Balaban J connectivity index is 2.76. The molecular formula is C12H16BrNOS. The summed E-state index contributed by atoms with van der Waals surface area (Å²) in [5.74, 6) is 0. The lowest BCUT2D eigenvalue weighted by Crippen LogP contribution is -2.34. The summed E-state index contributed by atoms with van der Waals surface area (Å²) in [6.45, 7) is 4.85. The molecule has 1 amide bonds. The van der Waals surface area contributed by atoms with Gasteiger partial charge in [-0.2, -0.15) is 0 Å². The highest BCUT2D eigenvalue weighted by molar-refractivity contribution is 9.18. The highest BCUT2D eigenvalue weighted by atomic mass is 79.9. The summed E-state index contributed by atoms with van der Waals surface area (Å²) in [6, 6.07) is 8.45. The van der Waals surface area contributed by atoms with Gasteiger partial charge in [-0.25, -0.2) is 0 Å². The predicted molar refractivity (Wildman–Crippen MR) is 73.6 cm³/mol. The van der Waals surface area contributed by atoms with Crippen molar-refractivity contribution in [3.8, 4) is 0 Å². The average molecular weight is 302 g/mol. The molecule has 0 unspecified atom stereocenters. The minimum Gasteiger partial charge on any atom is -0.346 e. The van der Waals surface area contributed by atoms with Crippen LogP contribution in [0.2, 0.25) is 0 Å². The van der Waals surface area contributed by atoms with Gasteiger partial charge in [0.15, 0.2) is 0 Å². The number of thioether (sulfide) groups is 1. The fraction of sp³-hybridized carbons (Fsp3) is 0.417. The summed E-state index contributed by atoms with van der Waals surface area (Å²) in [5, 5.41) is 2.79. The molecule has 0 radical (unpaired) electrons. The van der Waals surface area contributed by atoms with Gasteiger partial charge in [-0.15, -0.1) is 11.8 Å². The third-order valence-corrected chi connectivity index (χ3v) is 3.56. The maximum Gasteiger partial charge on any atom is 0.287 e. The highest BCUT2D eigenvalue weighted by Gasteiger charge is 2.20. The molecule has 0 atom stereocenters. The van der Waals surface area contributed by atoms with Crippen molar-refractivity contribution in [3.63, 3.8) is 0 Å². The summed E-state index contributed by atoms with van der Waals surface area (Å²) in [4.78, 5) is 11.9. The number of benzene rings is 1. The van der Waals surface area contributed by atoms with E-state index in [1.165, 1.54) is 10.5 Å². The van der Waals surface area contributed by atoms with E-state index in [4.69, 9.17) is 0 Å². The average Bonchev–Trinajstić information content (AvgIpc) is 2.27. The first-order valence-corrected chi connectivity index (χ1v) is 7.05. The lowest BCUT2D eigenvalue weighted by atomic mass is 9.85. The molecule has 0 bridgehead atoms. The summed E-state index contributed by atoms with van der Waals surface area (Å²) in [5.41, 5.74) is 1.17. The van der Waals surface area contributed by atoms with Gasteiger partial charge >= 0.3 is 0 Å². The van der Waals surface area contributed by atoms with Crippen LogP contribution in [0.1, 0.15) is 19.4 Å². The summed E-state index contributed by atoms with van der Waals surface area (Å²) in [7, 11) is 0. The van der Waals surface area contributed by atoms with E-state index in [1.807, 2.05) is 0 Å². The van der Waals surface area contributed by atoms with Crippen LogP contribution in [0.15, 0.2) is 29.2 Å². The maximum atomic E-state index is 10.8. The van der Waals surface area contributed by atoms with Crippen LogP contribution < -0.4 is 5.32 Å². The Labute approximate surface area is 109 Å². The molecule has 1 aromatic rings. The summed E-state index contributed by atoms with van der Waals surface area (Å²) < 4.78 is 0. The molecule has 4 heteroatoms. The second kappa shape index (κ2) is 5.73. The van der Waals surface area contributed by atoms with E-state index in [0.29, 0.717) is 6.54 Å². The molecule has 0 saturated carbocycles. The zero-order valence-corrected chi connectivity index (χ0v) is 12.1. The maximum absolute atomic E-state index is 10.8. The topological polar surface area (TPSA) is 29.1 Å². The van der Waals surface area contributed by atoms with Crippen molar-refractivity contribution in [2.45, 2.75) is 24.2 Å². The first-order valence-electron chi connectivity index (χ1n) is 5.03. The Morgan fingerprint density at radius 1 is 1.38 bits per heavy atom.